The lowest BCUT2D eigenvalue weighted by molar-refractivity contribution is -0.122. The monoisotopic (exact) mass is 370 g/mol. The van der Waals surface area contributed by atoms with Crippen LogP contribution < -0.4 is 14.8 Å². The molecule has 8 heteroatoms. The number of likely N-dealkylation sites (N-methyl/N-ethyl adjacent to an activating group) is 1. The predicted molar refractivity (Wildman–Crippen MR) is 95.9 cm³/mol. The number of nitrogens with one attached hydrogen (secondary N) is 1. The van der Waals surface area contributed by atoms with E-state index in [0.717, 1.165) is 5.56 Å². The molecule has 1 aromatic carbocycles. The highest BCUT2D eigenvalue weighted by molar-refractivity contribution is 7.91. The van der Waals surface area contributed by atoms with Crippen LogP contribution in [-0.4, -0.2) is 71.1 Å². The van der Waals surface area contributed by atoms with Crippen molar-refractivity contribution in [3.63, 3.8) is 0 Å². The molecule has 1 aliphatic rings. The molecular formula is C17H26N2O5S. The zero-order chi connectivity index (χ0) is 18.4. The molecule has 7 nitrogen and oxygen atoms in total. The van der Waals surface area contributed by atoms with Crippen LogP contribution in [0.5, 0.6) is 11.5 Å². The minimum atomic E-state index is -2.94. The lowest BCUT2D eigenvalue weighted by Gasteiger charge is -2.22. The normalized spacial score (nSPS) is 19.0. The summed E-state index contributed by atoms with van der Waals surface area (Å²) < 4.78 is 33.5. The maximum Gasteiger partial charge on any atom is 0.234 e. The Hall–Kier alpha value is -1.80. The van der Waals surface area contributed by atoms with E-state index in [9.17, 15) is 13.2 Å². The molecule has 1 fully saturated rings. The molecule has 2 rings (SSSR count). The van der Waals surface area contributed by atoms with E-state index in [1.54, 1.807) is 21.3 Å². The summed E-state index contributed by atoms with van der Waals surface area (Å²) >= 11 is 0. The predicted octanol–water partition coefficient (Wildman–Crippen LogP) is 0.481. The minimum Gasteiger partial charge on any atom is -0.493 e. The summed E-state index contributed by atoms with van der Waals surface area (Å²) in [5.74, 6) is 1.58. The Kier molecular flexibility index (Phi) is 6.66. The smallest absolute Gasteiger partial charge is 0.234 e. The topological polar surface area (TPSA) is 84.9 Å². The van der Waals surface area contributed by atoms with Crippen molar-refractivity contribution in [3.05, 3.63) is 23.8 Å². The molecule has 1 aliphatic heterocycles. The maximum absolute atomic E-state index is 12.0. The van der Waals surface area contributed by atoms with Crippen LogP contribution in [0.4, 0.5) is 0 Å². The summed E-state index contributed by atoms with van der Waals surface area (Å²) in [5.41, 5.74) is 1.04. The first-order valence-corrected chi connectivity index (χ1v) is 10.0. The molecule has 25 heavy (non-hydrogen) atoms. The average Bonchev–Trinajstić information content (AvgIpc) is 2.94. The number of rotatable bonds is 8. The van der Waals surface area contributed by atoms with Gasteiger partial charge in [-0.25, -0.2) is 8.42 Å². The van der Waals surface area contributed by atoms with Gasteiger partial charge in [0.25, 0.3) is 0 Å². The summed E-state index contributed by atoms with van der Waals surface area (Å²) in [7, 11) is 2.03. The van der Waals surface area contributed by atoms with E-state index >= 15 is 0 Å². The molecule has 0 saturated carbocycles. The summed E-state index contributed by atoms with van der Waals surface area (Å²) in [6.07, 6.45) is 1.27. The van der Waals surface area contributed by atoms with Crippen LogP contribution in [0.2, 0.25) is 0 Å². The fourth-order valence-corrected chi connectivity index (χ4v) is 4.72. The van der Waals surface area contributed by atoms with Crippen LogP contribution >= 0.6 is 0 Å². The summed E-state index contributed by atoms with van der Waals surface area (Å²) in [5, 5.41) is 2.87. The van der Waals surface area contributed by atoms with Crippen molar-refractivity contribution in [2.45, 2.75) is 18.9 Å². The number of benzene rings is 1. The molecule has 1 unspecified atom stereocenters. The van der Waals surface area contributed by atoms with Gasteiger partial charge in [0.15, 0.2) is 21.3 Å². The van der Waals surface area contributed by atoms with Crippen LogP contribution in [0, 0.1) is 0 Å². The second-order valence-corrected chi connectivity index (χ2v) is 8.49. The van der Waals surface area contributed by atoms with Crippen molar-refractivity contribution < 1.29 is 22.7 Å². The van der Waals surface area contributed by atoms with Gasteiger partial charge in [-0.3, -0.25) is 9.69 Å². The van der Waals surface area contributed by atoms with Crippen LogP contribution in [0.15, 0.2) is 18.2 Å². The number of ether oxygens (including phenoxy) is 2. The number of hydrogen-bond acceptors (Lipinski definition) is 6. The Morgan fingerprint density at radius 3 is 2.60 bits per heavy atom. The first-order chi connectivity index (χ1) is 11.8. The Morgan fingerprint density at radius 2 is 2.00 bits per heavy atom. The standard InChI is InChI=1S/C17H26N2O5S/c1-19(14-7-9-25(21,22)12-14)11-17(20)18-8-6-13-4-5-15(23-2)16(10-13)24-3/h4-5,10,14H,6-9,11-12H2,1-3H3,(H,18,20). The van der Waals surface area contributed by atoms with Gasteiger partial charge in [0.2, 0.25) is 5.91 Å². The molecule has 0 bridgehead atoms. The van der Waals surface area contributed by atoms with E-state index < -0.39 is 9.84 Å². The van der Waals surface area contributed by atoms with E-state index in [1.807, 2.05) is 23.1 Å². The van der Waals surface area contributed by atoms with Crippen LogP contribution in [-0.2, 0) is 21.1 Å². The molecule has 1 aromatic rings. The van der Waals surface area contributed by atoms with Gasteiger partial charge in [-0.15, -0.1) is 0 Å². The second-order valence-electron chi connectivity index (χ2n) is 6.26. The highest BCUT2D eigenvalue weighted by Gasteiger charge is 2.31. The minimum absolute atomic E-state index is 0.0680. The third-order valence-electron chi connectivity index (χ3n) is 4.41. The van der Waals surface area contributed by atoms with E-state index in [2.05, 4.69) is 5.32 Å². The highest BCUT2D eigenvalue weighted by Crippen LogP contribution is 2.27. The van der Waals surface area contributed by atoms with Gasteiger partial charge < -0.3 is 14.8 Å². The molecule has 0 aliphatic carbocycles. The molecule has 1 heterocycles. The lowest BCUT2D eigenvalue weighted by Crippen LogP contribution is -2.41. The molecule has 1 saturated heterocycles. The zero-order valence-electron chi connectivity index (χ0n) is 14.9. The zero-order valence-corrected chi connectivity index (χ0v) is 15.8. The van der Waals surface area contributed by atoms with E-state index in [-0.39, 0.29) is 30.0 Å². The number of sulfone groups is 1. The summed E-state index contributed by atoms with van der Waals surface area (Å²) in [6, 6.07) is 5.59. The average molecular weight is 370 g/mol. The fraction of sp³-hybridized carbons (Fsp3) is 0.588. The largest absolute Gasteiger partial charge is 0.493 e. The molecule has 0 aromatic heterocycles. The van der Waals surface area contributed by atoms with Crippen LogP contribution in [0.25, 0.3) is 0 Å². The van der Waals surface area contributed by atoms with Crippen LogP contribution in [0.3, 0.4) is 0 Å². The van der Waals surface area contributed by atoms with E-state index in [4.69, 9.17) is 9.47 Å². The number of carbonyl (C=O) groups is 1. The number of carbonyl (C=O) groups excluding carboxylic acids is 1. The summed E-state index contributed by atoms with van der Waals surface area (Å²) in [4.78, 5) is 13.9. The Balaban J connectivity index is 1.77. The van der Waals surface area contributed by atoms with Gasteiger partial charge in [0.1, 0.15) is 0 Å². The maximum atomic E-state index is 12.0. The number of hydrogen-bond donors (Lipinski definition) is 1. The molecule has 1 amide bonds. The molecule has 0 spiro atoms. The lowest BCUT2D eigenvalue weighted by atomic mass is 10.1. The highest BCUT2D eigenvalue weighted by atomic mass is 32.2. The number of amides is 1. The second kappa shape index (κ2) is 8.53. The Labute approximate surface area is 149 Å². The van der Waals surface area contributed by atoms with Crippen molar-refractivity contribution in [3.8, 4) is 11.5 Å². The first kappa shape index (κ1) is 19.5. The Morgan fingerprint density at radius 1 is 1.28 bits per heavy atom. The third kappa shape index (κ3) is 5.61. The molecule has 1 N–H and O–H groups in total. The van der Waals surface area contributed by atoms with Crippen LogP contribution in [0.1, 0.15) is 12.0 Å². The van der Waals surface area contributed by atoms with Gasteiger partial charge in [-0.2, -0.15) is 0 Å². The number of methoxy groups -OCH3 is 2. The van der Waals surface area contributed by atoms with Gasteiger partial charge in [0.05, 0.1) is 32.3 Å². The SMILES string of the molecule is COc1ccc(CCNC(=O)CN(C)C2CCS(=O)(=O)C2)cc1OC. The van der Waals surface area contributed by atoms with Crippen molar-refractivity contribution in [2.24, 2.45) is 0 Å². The van der Waals surface area contributed by atoms with E-state index in [0.29, 0.717) is 30.9 Å². The van der Waals surface area contributed by atoms with Crippen molar-refractivity contribution >= 4 is 15.7 Å². The third-order valence-corrected chi connectivity index (χ3v) is 6.16. The first-order valence-electron chi connectivity index (χ1n) is 8.23. The summed E-state index contributed by atoms with van der Waals surface area (Å²) in [6.45, 7) is 0.706. The van der Waals surface area contributed by atoms with E-state index in [1.165, 1.54) is 0 Å². The molecular weight excluding hydrogens is 344 g/mol. The molecule has 1 atom stereocenters. The molecule has 140 valence electrons. The van der Waals surface area contributed by atoms with Crippen molar-refractivity contribution in [1.82, 2.24) is 10.2 Å². The van der Waals surface area contributed by atoms with Gasteiger partial charge in [0, 0.05) is 12.6 Å². The van der Waals surface area contributed by atoms with Gasteiger partial charge >= 0.3 is 0 Å². The fourth-order valence-electron chi connectivity index (χ4n) is 2.92. The quantitative estimate of drug-likeness (QED) is 0.717. The number of nitrogens with zero attached hydrogens (tertiary/aromatic N) is 1. The van der Waals surface area contributed by atoms with Crippen molar-refractivity contribution in [2.75, 3.05) is 45.9 Å². The molecule has 0 radical (unpaired) electrons. The van der Waals surface area contributed by atoms with Crippen molar-refractivity contribution in [1.29, 1.82) is 0 Å². The van der Waals surface area contributed by atoms with Gasteiger partial charge in [-0.05, 0) is 37.6 Å². The Bertz CT molecular complexity index is 705. The van der Waals surface area contributed by atoms with Gasteiger partial charge in [-0.1, -0.05) is 6.07 Å².